The van der Waals surface area contributed by atoms with Crippen molar-refractivity contribution in [2.75, 3.05) is 23.1 Å². The van der Waals surface area contributed by atoms with E-state index in [4.69, 9.17) is 4.74 Å². The number of methoxy groups -OCH3 is 1. The first kappa shape index (κ1) is 22.4. The Morgan fingerprint density at radius 3 is 2.61 bits per heavy atom. The van der Waals surface area contributed by atoms with Gasteiger partial charge >= 0.3 is 6.18 Å². The summed E-state index contributed by atoms with van der Waals surface area (Å²) in [6, 6.07) is 12.2. The molecule has 0 atom stereocenters. The second-order valence-electron chi connectivity index (χ2n) is 8.05. The fraction of sp³-hybridized carbons (Fsp3) is 0.261. The van der Waals surface area contributed by atoms with Crippen molar-refractivity contribution in [3.63, 3.8) is 0 Å². The highest BCUT2D eigenvalue weighted by Crippen LogP contribution is 2.40. The summed E-state index contributed by atoms with van der Waals surface area (Å²) in [6.45, 7) is 3.59. The van der Waals surface area contributed by atoms with Crippen molar-refractivity contribution in [1.29, 1.82) is 0 Å². The third-order valence-electron chi connectivity index (χ3n) is 5.49. The summed E-state index contributed by atoms with van der Waals surface area (Å²) in [5, 5.41) is 8.50. The number of carbonyl (C=O) groups excluding carboxylic acids is 1. The second-order valence-corrected chi connectivity index (χ2v) is 8.05. The maximum atomic E-state index is 13.6. The van der Waals surface area contributed by atoms with Gasteiger partial charge in [0.15, 0.2) is 0 Å². The molecule has 0 unspecified atom stereocenters. The summed E-state index contributed by atoms with van der Waals surface area (Å²) in [4.78, 5) is 20.2. The summed E-state index contributed by atoms with van der Waals surface area (Å²) in [7, 11) is 1.49. The molecule has 1 aromatic heterocycles. The third kappa shape index (κ3) is 4.28. The molecule has 0 aliphatic carbocycles. The van der Waals surface area contributed by atoms with Crippen LogP contribution in [0.15, 0.2) is 48.7 Å². The second kappa shape index (κ2) is 8.27. The fourth-order valence-corrected chi connectivity index (χ4v) is 3.81. The van der Waals surface area contributed by atoms with Crippen LogP contribution in [0.2, 0.25) is 0 Å². The zero-order valence-corrected chi connectivity index (χ0v) is 18.2. The molecule has 0 saturated carbocycles. The average Bonchev–Trinajstić information content (AvgIpc) is 3.00. The Labute approximate surface area is 188 Å². The van der Waals surface area contributed by atoms with E-state index in [1.54, 1.807) is 56.3 Å². The molecule has 0 bridgehead atoms. The summed E-state index contributed by atoms with van der Waals surface area (Å²) in [6.07, 6.45) is -3.92. The molecule has 0 saturated heterocycles. The lowest BCUT2D eigenvalue weighted by Crippen LogP contribution is -2.28. The number of benzene rings is 2. The number of aromatic nitrogens is 2. The van der Waals surface area contributed by atoms with Crippen molar-refractivity contribution in [2.24, 2.45) is 0 Å². The number of anilines is 4. The smallest absolute Gasteiger partial charge is 0.421 e. The number of halogens is 3. The number of alkyl halides is 3. The number of para-hydroxylation sites is 2. The maximum Gasteiger partial charge on any atom is 0.421 e. The van der Waals surface area contributed by atoms with E-state index in [1.807, 2.05) is 0 Å². The first-order chi connectivity index (χ1) is 15.6. The highest BCUT2D eigenvalue weighted by Gasteiger charge is 2.40. The van der Waals surface area contributed by atoms with Crippen molar-refractivity contribution in [1.82, 2.24) is 9.97 Å². The monoisotopic (exact) mass is 457 g/mol. The van der Waals surface area contributed by atoms with Gasteiger partial charge in [-0.3, -0.25) is 4.79 Å². The minimum atomic E-state index is -4.65. The van der Waals surface area contributed by atoms with Crippen molar-refractivity contribution in [3.05, 3.63) is 65.4 Å². The number of hydrogen-bond donors (Lipinski definition) is 3. The predicted octanol–water partition coefficient (Wildman–Crippen LogP) is 5.09. The van der Waals surface area contributed by atoms with Gasteiger partial charge in [-0.2, -0.15) is 18.2 Å². The van der Waals surface area contributed by atoms with Gasteiger partial charge in [0.1, 0.15) is 17.1 Å². The van der Waals surface area contributed by atoms with Crippen molar-refractivity contribution in [3.8, 4) is 5.75 Å². The van der Waals surface area contributed by atoms with E-state index >= 15 is 0 Å². The van der Waals surface area contributed by atoms with Gasteiger partial charge in [-0.05, 0) is 43.2 Å². The normalized spacial score (nSPS) is 14.4. The molecule has 7 nitrogen and oxygen atoms in total. The first-order valence-electron chi connectivity index (χ1n) is 10.1. The Kier molecular flexibility index (Phi) is 5.61. The highest BCUT2D eigenvalue weighted by molar-refractivity contribution is 6.06. The minimum absolute atomic E-state index is 0.0227. The zero-order chi connectivity index (χ0) is 23.8. The van der Waals surface area contributed by atoms with Gasteiger partial charge < -0.3 is 20.7 Å². The van der Waals surface area contributed by atoms with Gasteiger partial charge in [-0.1, -0.05) is 24.3 Å². The highest BCUT2D eigenvalue weighted by atomic mass is 19.4. The molecule has 1 amide bonds. The Hall–Kier alpha value is -3.82. The van der Waals surface area contributed by atoms with Crippen molar-refractivity contribution >= 4 is 29.0 Å². The standard InChI is InChI=1S/C23H22F3N5O2/c1-22(2)18-13(7-6-9-16(18)29-20(22)32)11-27-19-14(23(24,25)26)12-28-21(31-19)30-15-8-4-5-10-17(15)33-3/h4-10,12H,11H2,1-3H3,(H,29,32)(H2,27,28,30,31). The van der Waals surface area contributed by atoms with Crippen molar-refractivity contribution in [2.45, 2.75) is 32.0 Å². The van der Waals surface area contributed by atoms with E-state index in [-0.39, 0.29) is 24.2 Å². The summed E-state index contributed by atoms with van der Waals surface area (Å²) < 4.78 is 46.1. The quantitative estimate of drug-likeness (QED) is 0.478. The topological polar surface area (TPSA) is 88.2 Å². The molecule has 1 aliphatic rings. The van der Waals surface area contributed by atoms with Gasteiger partial charge in [-0.25, -0.2) is 4.98 Å². The molecule has 2 heterocycles. The number of fused-ring (bicyclic) bond motifs is 1. The van der Waals surface area contributed by atoms with E-state index in [1.165, 1.54) is 7.11 Å². The number of nitrogens with zero attached hydrogens (tertiary/aromatic N) is 2. The fourth-order valence-electron chi connectivity index (χ4n) is 3.81. The van der Waals surface area contributed by atoms with Gasteiger partial charge in [0.25, 0.3) is 0 Å². The number of ether oxygens (including phenoxy) is 1. The van der Waals surface area contributed by atoms with Crippen molar-refractivity contribution < 1.29 is 22.7 Å². The van der Waals surface area contributed by atoms with Gasteiger partial charge in [0, 0.05) is 18.4 Å². The Bertz CT molecular complexity index is 1210. The lowest BCUT2D eigenvalue weighted by molar-refractivity contribution is -0.137. The van der Waals surface area contributed by atoms with Crippen LogP contribution in [-0.2, 0) is 22.9 Å². The molecule has 3 N–H and O–H groups in total. The SMILES string of the molecule is COc1ccccc1Nc1ncc(C(F)(F)F)c(NCc2cccc3c2C(C)(C)C(=O)N3)n1. The lowest BCUT2D eigenvalue weighted by Gasteiger charge is -2.20. The van der Waals surface area contributed by atoms with E-state index in [0.717, 1.165) is 11.8 Å². The molecule has 10 heteroatoms. The summed E-state index contributed by atoms with van der Waals surface area (Å²) in [5.74, 6) is -0.0610. The molecule has 2 aromatic carbocycles. The lowest BCUT2D eigenvalue weighted by atomic mass is 9.83. The minimum Gasteiger partial charge on any atom is -0.495 e. The van der Waals surface area contributed by atoms with Crippen LogP contribution in [0.4, 0.5) is 36.3 Å². The van der Waals surface area contributed by atoms with Crippen LogP contribution >= 0.6 is 0 Å². The van der Waals surface area contributed by atoms with Crippen LogP contribution in [-0.4, -0.2) is 23.0 Å². The predicted molar refractivity (Wildman–Crippen MR) is 119 cm³/mol. The molecular formula is C23H22F3N5O2. The van der Waals surface area contributed by atoms with E-state index in [2.05, 4.69) is 25.9 Å². The molecule has 172 valence electrons. The zero-order valence-electron chi connectivity index (χ0n) is 18.2. The molecule has 0 spiro atoms. The largest absolute Gasteiger partial charge is 0.495 e. The van der Waals surface area contributed by atoms with E-state index in [9.17, 15) is 18.0 Å². The molecular weight excluding hydrogens is 435 g/mol. The Balaban J connectivity index is 1.66. The number of carbonyl (C=O) groups is 1. The Morgan fingerprint density at radius 1 is 1.12 bits per heavy atom. The number of hydrogen-bond acceptors (Lipinski definition) is 6. The van der Waals surface area contributed by atoms with Gasteiger partial charge in [0.2, 0.25) is 11.9 Å². The van der Waals surface area contributed by atoms with Crippen LogP contribution < -0.4 is 20.7 Å². The number of nitrogens with one attached hydrogen (secondary N) is 3. The van der Waals surface area contributed by atoms with Gasteiger partial charge in [0.05, 0.1) is 18.2 Å². The molecule has 3 aromatic rings. The van der Waals surface area contributed by atoms with E-state index in [0.29, 0.717) is 22.7 Å². The Morgan fingerprint density at radius 2 is 1.88 bits per heavy atom. The summed E-state index contributed by atoms with van der Waals surface area (Å²) in [5.41, 5.74) is 0.816. The number of rotatable bonds is 6. The van der Waals surface area contributed by atoms with Crippen LogP contribution in [0.5, 0.6) is 5.75 Å². The molecule has 4 rings (SSSR count). The van der Waals surface area contributed by atoms with Crippen LogP contribution in [0.25, 0.3) is 0 Å². The van der Waals surface area contributed by atoms with Gasteiger partial charge in [-0.15, -0.1) is 0 Å². The number of amides is 1. The molecule has 0 radical (unpaired) electrons. The molecule has 33 heavy (non-hydrogen) atoms. The van der Waals surface area contributed by atoms with Crippen LogP contribution in [0.1, 0.15) is 30.5 Å². The summed E-state index contributed by atoms with van der Waals surface area (Å²) >= 11 is 0. The van der Waals surface area contributed by atoms with Crippen LogP contribution in [0.3, 0.4) is 0 Å². The van der Waals surface area contributed by atoms with E-state index < -0.39 is 17.2 Å². The third-order valence-corrected chi connectivity index (χ3v) is 5.49. The average molecular weight is 457 g/mol. The maximum absolute atomic E-state index is 13.6. The first-order valence-corrected chi connectivity index (χ1v) is 10.1. The molecule has 0 fully saturated rings. The van der Waals surface area contributed by atoms with Crippen LogP contribution in [0, 0.1) is 0 Å². The molecule has 1 aliphatic heterocycles.